The van der Waals surface area contributed by atoms with Gasteiger partial charge in [-0.1, -0.05) is 166 Å². The number of unbranched alkanes of at least 4 members (excludes halogenated alkanes) is 22. The van der Waals surface area contributed by atoms with E-state index in [0.717, 1.165) is 83.5 Å². The highest BCUT2D eigenvalue weighted by Crippen LogP contribution is 2.16. The summed E-state index contributed by atoms with van der Waals surface area (Å²) in [5.41, 5.74) is 0. The van der Waals surface area contributed by atoms with E-state index in [1.807, 2.05) is 0 Å². The first-order valence-corrected chi connectivity index (χ1v) is 21.8. The minimum atomic E-state index is -1.02. The molecule has 0 heterocycles. The van der Waals surface area contributed by atoms with Crippen LogP contribution in [0, 0.1) is 0 Å². The molecular formula is C46H81NO5. The maximum atomic E-state index is 12.7. The summed E-state index contributed by atoms with van der Waals surface area (Å²) in [4.78, 5) is 34.9. The Bertz CT molecular complexity index is 937. The molecule has 52 heavy (non-hydrogen) atoms. The number of carboxylic acids is 1. The van der Waals surface area contributed by atoms with Gasteiger partial charge in [-0.25, -0.2) is 0 Å². The van der Waals surface area contributed by atoms with Crippen LogP contribution in [0.1, 0.15) is 213 Å². The van der Waals surface area contributed by atoms with Crippen molar-refractivity contribution in [1.29, 1.82) is 0 Å². The molecule has 0 aliphatic carbocycles. The Labute approximate surface area is 320 Å². The number of nitrogens with one attached hydrogen (secondary N) is 1. The number of aliphatic carboxylic acids is 1. The minimum Gasteiger partial charge on any atom is -0.480 e. The zero-order chi connectivity index (χ0) is 38.0. The summed E-state index contributed by atoms with van der Waals surface area (Å²) in [6, 6.07) is 0. The number of allylic oxidation sites excluding steroid dienone is 7. The fourth-order valence-electron chi connectivity index (χ4n) is 6.20. The van der Waals surface area contributed by atoms with E-state index in [0.29, 0.717) is 12.8 Å². The van der Waals surface area contributed by atoms with Gasteiger partial charge in [-0.05, 0) is 83.1 Å². The average molecular weight is 728 g/mol. The number of carboxylic acid groups (broad SMARTS) is 1. The van der Waals surface area contributed by atoms with E-state index in [1.54, 1.807) is 0 Å². The van der Waals surface area contributed by atoms with Crippen molar-refractivity contribution in [3.05, 3.63) is 48.6 Å². The third-order valence-electron chi connectivity index (χ3n) is 9.46. The maximum Gasteiger partial charge on any atom is 0.322 e. The first-order valence-electron chi connectivity index (χ1n) is 21.8. The number of ether oxygens (including phenoxy) is 1. The second kappa shape index (κ2) is 41.1. The molecule has 1 atom stereocenters. The van der Waals surface area contributed by atoms with Gasteiger partial charge in [0.05, 0.1) is 0 Å². The predicted molar refractivity (Wildman–Crippen MR) is 222 cm³/mol. The summed E-state index contributed by atoms with van der Waals surface area (Å²) in [5, 5.41) is 11.1. The Morgan fingerprint density at radius 3 is 1.46 bits per heavy atom. The van der Waals surface area contributed by atoms with E-state index in [-0.39, 0.29) is 24.5 Å². The molecule has 0 aliphatic heterocycles. The normalized spacial score (nSPS) is 12.5. The molecule has 0 saturated carbocycles. The Morgan fingerprint density at radius 1 is 0.519 bits per heavy atom. The monoisotopic (exact) mass is 728 g/mol. The van der Waals surface area contributed by atoms with Gasteiger partial charge in [-0.2, -0.15) is 0 Å². The molecule has 6 heteroatoms. The molecule has 1 unspecified atom stereocenters. The van der Waals surface area contributed by atoms with Crippen LogP contribution >= 0.6 is 0 Å². The highest BCUT2D eigenvalue weighted by atomic mass is 16.5. The van der Waals surface area contributed by atoms with Crippen LogP contribution in [0.4, 0.5) is 0 Å². The molecule has 6 nitrogen and oxygen atoms in total. The number of carbonyl (C=O) groups is 3. The third kappa shape index (κ3) is 40.1. The zero-order valence-corrected chi connectivity index (χ0v) is 33.9. The molecule has 0 bridgehead atoms. The fraction of sp³-hybridized carbons (Fsp3) is 0.761. The molecular weight excluding hydrogens is 647 g/mol. The van der Waals surface area contributed by atoms with Gasteiger partial charge in [-0.15, -0.1) is 0 Å². The first-order chi connectivity index (χ1) is 25.5. The lowest BCUT2D eigenvalue weighted by Gasteiger charge is -2.15. The van der Waals surface area contributed by atoms with Crippen molar-refractivity contribution in [2.45, 2.75) is 219 Å². The first kappa shape index (κ1) is 49.4. The zero-order valence-electron chi connectivity index (χ0n) is 33.9. The fourth-order valence-corrected chi connectivity index (χ4v) is 6.20. The van der Waals surface area contributed by atoms with E-state index in [1.165, 1.54) is 103 Å². The lowest BCUT2D eigenvalue weighted by atomic mass is 10.0. The van der Waals surface area contributed by atoms with E-state index in [4.69, 9.17) is 9.84 Å². The molecule has 0 spiro atoms. The van der Waals surface area contributed by atoms with Crippen molar-refractivity contribution in [3.63, 3.8) is 0 Å². The standard InChI is InChI=1S/C46H81NO5/c1-3-5-7-9-11-13-14-15-16-17-18-19-20-21-22-23-24-25-27-33-37-41-46(51)52-43(38-34-30-26-12-10-8-6-4-2)39-35-31-28-29-32-36-40-44(48)47-42-45(49)50/h14-15,17-18,20-21,34,38,43H,3-13,16,19,22-33,35-37,39-42H2,1-2H3,(H,47,48)(H,49,50)/b15-14-,18-17-,21-20-,38-34-. The summed E-state index contributed by atoms with van der Waals surface area (Å²) >= 11 is 0. The molecule has 2 N–H and O–H groups in total. The molecule has 0 fully saturated rings. The van der Waals surface area contributed by atoms with Crippen molar-refractivity contribution in [2.24, 2.45) is 0 Å². The van der Waals surface area contributed by atoms with Crippen molar-refractivity contribution in [2.75, 3.05) is 6.54 Å². The second-order valence-corrected chi connectivity index (χ2v) is 14.6. The lowest BCUT2D eigenvalue weighted by Crippen LogP contribution is -2.28. The minimum absolute atomic E-state index is 0.0663. The van der Waals surface area contributed by atoms with Crippen LogP contribution in [-0.4, -0.2) is 35.6 Å². The molecule has 0 rings (SSSR count). The summed E-state index contributed by atoms with van der Waals surface area (Å²) in [6.45, 7) is 4.20. The van der Waals surface area contributed by atoms with Crippen LogP contribution in [-0.2, 0) is 19.1 Å². The summed E-state index contributed by atoms with van der Waals surface area (Å²) in [7, 11) is 0. The Balaban J connectivity index is 4.08. The largest absolute Gasteiger partial charge is 0.480 e. The Hall–Kier alpha value is -2.63. The topological polar surface area (TPSA) is 92.7 Å². The van der Waals surface area contributed by atoms with Crippen molar-refractivity contribution >= 4 is 17.8 Å². The molecule has 0 aromatic heterocycles. The highest BCUT2D eigenvalue weighted by molar-refractivity contribution is 5.80. The van der Waals surface area contributed by atoms with Crippen molar-refractivity contribution in [1.82, 2.24) is 5.32 Å². The van der Waals surface area contributed by atoms with Gasteiger partial charge in [0.1, 0.15) is 12.6 Å². The average Bonchev–Trinajstić information content (AvgIpc) is 3.13. The molecule has 0 aromatic rings. The maximum absolute atomic E-state index is 12.7. The molecule has 300 valence electrons. The Kier molecular flexibility index (Phi) is 39.1. The highest BCUT2D eigenvalue weighted by Gasteiger charge is 2.11. The van der Waals surface area contributed by atoms with Crippen molar-refractivity contribution < 1.29 is 24.2 Å². The van der Waals surface area contributed by atoms with E-state index in [2.05, 4.69) is 67.8 Å². The quantitative estimate of drug-likeness (QED) is 0.0373. The van der Waals surface area contributed by atoms with Crippen LogP contribution in [0.15, 0.2) is 48.6 Å². The van der Waals surface area contributed by atoms with Crippen LogP contribution in [0.2, 0.25) is 0 Å². The van der Waals surface area contributed by atoms with Gasteiger partial charge in [0.2, 0.25) is 5.91 Å². The van der Waals surface area contributed by atoms with Crippen LogP contribution in [0.5, 0.6) is 0 Å². The molecule has 0 radical (unpaired) electrons. The SMILES string of the molecule is CCCCCCC/C=C\C/C=C\C/C=C\CCCCCCCCC(=O)OC(/C=C\CCCCCCCC)CCCCCCCCC(=O)NCC(=O)O. The molecule has 0 aromatic carbocycles. The molecule has 0 aliphatic rings. The summed E-state index contributed by atoms with van der Waals surface area (Å²) in [6.07, 6.45) is 52.5. The number of esters is 1. The lowest BCUT2D eigenvalue weighted by molar-refractivity contribution is -0.147. The van der Waals surface area contributed by atoms with Gasteiger partial charge >= 0.3 is 11.9 Å². The van der Waals surface area contributed by atoms with E-state index < -0.39 is 5.97 Å². The number of amides is 1. The van der Waals surface area contributed by atoms with E-state index in [9.17, 15) is 14.4 Å². The summed E-state index contributed by atoms with van der Waals surface area (Å²) < 4.78 is 5.94. The van der Waals surface area contributed by atoms with E-state index >= 15 is 0 Å². The van der Waals surface area contributed by atoms with Gasteiger partial charge in [0.15, 0.2) is 0 Å². The van der Waals surface area contributed by atoms with Crippen LogP contribution in [0.25, 0.3) is 0 Å². The predicted octanol–water partition coefficient (Wildman–Crippen LogP) is 13.5. The van der Waals surface area contributed by atoms with Gasteiger partial charge in [-0.3, -0.25) is 14.4 Å². The van der Waals surface area contributed by atoms with Crippen LogP contribution < -0.4 is 5.32 Å². The third-order valence-corrected chi connectivity index (χ3v) is 9.46. The van der Waals surface area contributed by atoms with Crippen LogP contribution in [0.3, 0.4) is 0 Å². The Morgan fingerprint density at radius 2 is 0.942 bits per heavy atom. The van der Waals surface area contributed by atoms with Gasteiger partial charge in [0.25, 0.3) is 0 Å². The van der Waals surface area contributed by atoms with Gasteiger partial charge in [0, 0.05) is 12.8 Å². The number of carbonyl (C=O) groups excluding carboxylic acids is 2. The molecule has 0 saturated heterocycles. The second-order valence-electron chi connectivity index (χ2n) is 14.6. The number of hydrogen-bond donors (Lipinski definition) is 2. The smallest absolute Gasteiger partial charge is 0.322 e. The summed E-state index contributed by atoms with van der Waals surface area (Å²) in [5.74, 6) is -1.28. The number of rotatable bonds is 39. The van der Waals surface area contributed by atoms with Crippen molar-refractivity contribution in [3.8, 4) is 0 Å². The molecule has 1 amide bonds. The number of hydrogen-bond acceptors (Lipinski definition) is 4. The van der Waals surface area contributed by atoms with Gasteiger partial charge < -0.3 is 15.2 Å².